The molecule has 1 aromatic heterocycles. The van der Waals surface area contributed by atoms with Crippen LogP contribution in [0.25, 0.3) is 22.6 Å². The van der Waals surface area contributed by atoms with Gasteiger partial charge in [0.15, 0.2) is 17.3 Å². The van der Waals surface area contributed by atoms with Crippen LogP contribution in [0.3, 0.4) is 0 Å². The maximum absolute atomic E-state index is 12.8. The van der Waals surface area contributed by atoms with Crippen molar-refractivity contribution < 1.29 is 53.4 Å². The SMILES string of the molecule is COc1ccc2c(c1)C(=O)NC(c1ccc(OCCCCCCOc3c(OC)cc(-c4cc(-c5cc(CO)c(CO)c(CO)c5)no4)cc3OC)c(CO)c1)N2. The van der Waals surface area contributed by atoms with Crippen molar-refractivity contribution in [3.63, 3.8) is 0 Å². The Morgan fingerprint density at radius 2 is 1.34 bits per heavy atom. The highest BCUT2D eigenvalue weighted by molar-refractivity contribution is 6.02. The number of aromatic nitrogens is 1. The number of unbranched alkanes of at least 4 members (excludes halogenated alkanes) is 3. The molecule has 14 nitrogen and oxygen atoms in total. The molecule has 1 unspecified atom stereocenters. The minimum atomic E-state index is -0.461. The monoisotopic (exact) mass is 769 g/mol. The molecule has 1 aliphatic rings. The van der Waals surface area contributed by atoms with Crippen molar-refractivity contribution in [3.8, 4) is 51.3 Å². The average molecular weight is 770 g/mol. The maximum Gasteiger partial charge on any atom is 0.255 e. The Bertz CT molecular complexity index is 2080. The second-order valence-electron chi connectivity index (χ2n) is 13.1. The van der Waals surface area contributed by atoms with E-state index >= 15 is 0 Å². The molecule has 0 aliphatic carbocycles. The molecule has 1 aliphatic heterocycles. The number of hydrogen-bond acceptors (Lipinski definition) is 13. The number of amides is 1. The molecule has 0 saturated heterocycles. The third-order valence-electron chi connectivity index (χ3n) is 9.66. The predicted octanol–water partition coefficient (Wildman–Crippen LogP) is 5.88. The highest BCUT2D eigenvalue weighted by Gasteiger charge is 2.26. The number of nitrogens with zero attached hydrogens (tertiary/aromatic N) is 1. The van der Waals surface area contributed by atoms with E-state index in [0.29, 0.717) is 98.0 Å². The van der Waals surface area contributed by atoms with Gasteiger partial charge >= 0.3 is 0 Å². The Balaban J connectivity index is 0.989. The van der Waals surface area contributed by atoms with E-state index in [1.165, 1.54) is 0 Å². The van der Waals surface area contributed by atoms with E-state index in [2.05, 4.69) is 15.8 Å². The fraction of sp³-hybridized carbons (Fsp3) is 0.333. The van der Waals surface area contributed by atoms with Gasteiger partial charge in [0.1, 0.15) is 23.4 Å². The van der Waals surface area contributed by atoms with Crippen LogP contribution in [-0.4, -0.2) is 66.0 Å². The van der Waals surface area contributed by atoms with Gasteiger partial charge in [0.25, 0.3) is 5.91 Å². The van der Waals surface area contributed by atoms with E-state index in [1.807, 2.05) is 24.3 Å². The number of ether oxygens (including phenoxy) is 5. The number of aliphatic hydroxyl groups is 4. The normalized spacial score (nSPS) is 13.4. The summed E-state index contributed by atoms with van der Waals surface area (Å²) in [6.07, 6.45) is 2.93. The van der Waals surface area contributed by atoms with Crippen LogP contribution < -0.4 is 34.3 Å². The van der Waals surface area contributed by atoms with Crippen LogP contribution in [0, 0.1) is 0 Å². The molecule has 1 atom stereocenters. The zero-order valence-corrected chi connectivity index (χ0v) is 31.6. The highest BCUT2D eigenvalue weighted by Crippen LogP contribution is 2.42. The summed E-state index contributed by atoms with van der Waals surface area (Å²) in [4.78, 5) is 12.8. The van der Waals surface area contributed by atoms with Gasteiger partial charge < -0.3 is 59.3 Å². The van der Waals surface area contributed by atoms with Crippen LogP contribution in [0.15, 0.2) is 71.3 Å². The van der Waals surface area contributed by atoms with Gasteiger partial charge in [-0.15, -0.1) is 0 Å². The minimum absolute atomic E-state index is 0.207. The smallest absolute Gasteiger partial charge is 0.255 e. The first-order valence-electron chi connectivity index (χ1n) is 18.3. The van der Waals surface area contributed by atoms with Crippen molar-refractivity contribution in [2.75, 3.05) is 39.9 Å². The lowest BCUT2D eigenvalue weighted by atomic mass is 9.97. The Labute approximate surface area is 324 Å². The molecule has 14 heteroatoms. The first kappa shape index (κ1) is 39.9. The summed E-state index contributed by atoms with van der Waals surface area (Å²) in [5.41, 5.74) is 5.86. The number of anilines is 1. The fourth-order valence-electron chi connectivity index (χ4n) is 6.63. The maximum atomic E-state index is 12.8. The molecule has 4 aromatic carbocycles. The third-order valence-corrected chi connectivity index (χ3v) is 9.66. The van der Waals surface area contributed by atoms with Gasteiger partial charge in [-0.25, -0.2) is 0 Å². The standard InChI is InChI=1S/C42H47N3O11/c1-51-31-9-10-34-32(19-31)42(50)44-41(43-34)25-8-11-36(30(14-25)23-48)54-12-6-4-5-7-13-55-40-38(52-2)17-27(18-39(40)53-3)37-20-35(45-56-37)26-15-28(21-46)33(24-49)29(16-26)22-47/h8-11,14-20,41,43,46-49H,4-7,12-13,21-24H2,1-3H3,(H,44,50). The van der Waals surface area contributed by atoms with Crippen molar-refractivity contribution in [2.45, 2.75) is 58.3 Å². The largest absolute Gasteiger partial charge is 0.497 e. The lowest BCUT2D eigenvalue weighted by Crippen LogP contribution is -2.38. The quantitative estimate of drug-likeness (QED) is 0.0546. The number of nitrogens with one attached hydrogen (secondary N) is 2. The van der Waals surface area contributed by atoms with Crippen LogP contribution in [0.2, 0.25) is 0 Å². The van der Waals surface area contributed by atoms with E-state index in [9.17, 15) is 25.2 Å². The minimum Gasteiger partial charge on any atom is -0.497 e. The number of fused-ring (bicyclic) bond motifs is 1. The molecular formula is C42H47N3O11. The second kappa shape index (κ2) is 18.7. The van der Waals surface area contributed by atoms with Gasteiger partial charge in [-0.1, -0.05) is 11.2 Å². The van der Waals surface area contributed by atoms with Crippen molar-refractivity contribution in [3.05, 3.63) is 100 Å². The van der Waals surface area contributed by atoms with Gasteiger partial charge in [0.05, 0.1) is 66.5 Å². The first-order chi connectivity index (χ1) is 27.3. The third kappa shape index (κ3) is 8.84. The molecule has 0 spiro atoms. The Morgan fingerprint density at radius 3 is 1.96 bits per heavy atom. The van der Waals surface area contributed by atoms with Crippen LogP contribution in [0.4, 0.5) is 5.69 Å². The number of hydrogen-bond donors (Lipinski definition) is 6. The highest BCUT2D eigenvalue weighted by atomic mass is 16.5. The Morgan fingerprint density at radius 1 is 0.661 bits per heavy atom. The molecule has 0 bridgehead atoms. The summed E-state index contributed by atoms with van der Waals surface area (Å²) in [6, 6.07) is 19.5. The molecule has 6 N–H and O–H groups in total. The van der Waals surface area contributed by atoms with Crippen LogP contribution >= 0.6 is 0 Å². The molecule has 0 fully saturated rings. The summed E-state index contributed by atoms with van der Waals surface area (Å²) >= 11 is 0. The number of benzene rings is 4. The Hall–Kier alpha value is -5.80. The van der Waals surface area contributed by atoms with Gasteiger partial charge in [-0.3, -0.25) is 4.79 Å². The topological polar surface area (TPSA) is 194 Å². The zero-order chi connectivity index (χ0) is 39.6. The molecule has 0 radical (unpaired) electrons. The van der Waals surface area contributed by atoms with Crippen molar-refractivity contribution >= 4 is 11.6 Å². The summed E-state index contributed by atoms with van der Waals surface area (Å²) in [7, 11) is 4.65. The second-order valence-corrected chi connectivity index (χ2v) is 13.1. The summed E-state index contributed by atoms with van der Waals surface area (Å²) in [6.45, 7) is -0.202. The molecule has 2 heterocycles. The van der Waals surface area contributed by atoms with E-state index in [4.69, 9.17) is 28.2 Å². The van der Waals surface area contributed by atoms with Crippen LogP contribution in [0.1, 0.15) is 70.0 Å². The Kier molecular flexibility index (Phi) is 13.3. The molecule has 56 heavy (non-hydrogen) atoms. The lowest BCUT2D eigenvalue weighted by molar-refractivity contribution is 0.0935. The molecule has 0 saturated carbocycles. The average Bonchev–Trinajstić information content (AvgIpc) is 3.74. The van der Waals surface area contributed by atoms with Gasteiger partial charge in [0.2, 0.25) is 5.75 Å². The van der Waals surface area contributed by atoms with Crippen LogP contribution in [-0.2, 0) is 26.4 Å². The van der Waals surface area contributed by atoms with Crippen molar-refractivity contribution in [1.29, 1.82) is 0 Å². The van der Waals surface area contributed by atoms with Crippen LogP contribution in [0.5, 0.6) is 28.7 Å². The lowest BCUT2D eigenvalue weighted by Gasteiger charge is -2.29. The van der Waals surface area contributed by atoms with Gasteiger partial charge in [-0.05, 0) is 103 Å². The molecule has 5 aromatic rings. The molecule has 6 rings (SSSR count). The van der Waals surface area contributed by atoms with Gasteiger partial charge in [-0.2, -0.15) is 0 Å². The number of carbonyl (C=O) groups is 1. The molecule has 296 valence electrons. The fourth-order valence-corrected chi connectivity index (χ4v) is 6.63. The summed E-state index contributed by atoms with van der Waals surface area (Å²) in [5.74, 6) is 2.81. The van der Waals surface area contributed by atoms with E-state index in [0.717, 1.165) is 31.2 Å². The first-order valence-corrected chi connectivity index (χ1v) is 18.3. The zero-order valence-electron chi connectivity index (χ0n) is 31.6. The molecular weight excluding hydrogens is 722 g/mol. The summed E-state index contributed by atoms with van der Waals surface area (Å²) < 4.78 is 34.4. The van der Waals surface area contributed by atoms with Gasteiger partial charge in [0, 0.05) is 28.4 Å². The predicted molar refractivity (Wildman–Crippen MR) is 207 cm³/mol. The van der Waals surface area contributed by atoms with E-state index in [-0.39, 0.29) is 32.3 Å². The van der Waals surface area contributed by atoms with E-state index in [1.54, 1.807) is 63.8 Å². The number of aliphatic hydroxyl groups excluding tert-OH is 4. The van der Waals surface area contributed by atoms with Crippen molar-refractivity contribution in [2.24, 2.45) is 0 Å². The van der Waals surface area contributed by atoms with Crippen molar-refractivity contribution in [1.82, 2.24) is 10.5 Å². The number of carbonyl (C=O) groups excluding carboxylic acids is 1. The number of rotatable bonds is 19. The molecule has 1 amide bonds. The van der Waals surface area contributed by atoms with E-state index < -0.39 is 6.17 Å². The summed E-state index contributed by atoms with van der Waals surface area (Å²) in [5, 5.41) is 49.9. The number of methoxy groups -OCH3 is 3.